The number of anilines is 1. The van der Waals surface area contributed by atoms with Crippen LogP contribution in [0.15, 0.2) is 77.3 Å². The maximum absolute atomic E-state index is 12.2. The van der Waals surface area contributed by atoms with Gasteiger partial charge in [-0.25, -0.2) is 0 Å². The Morgan fingerprint density at radius 1 is 1.16 bits per heavy atom. The summed E-state index contributed by atoms with van der Waals surface area (Å²) in [5, 5.41) is 6.52. The number of rotatable bonds is 7. The van der Waals surface area contributed by atoms with Crippen molar-refractivity contribution in [3.05, 3.63) is 77.7 Å². The molecular weight excluding hydrogens is 384 g/mol. The highest BCUT2D eigenvalue weighted by atomic mass is 79.9. The Labute approximate surface area is 154 Å². The van der Waals surface area contributed by atoms with E-state index >= 15 is 0 Å². The summed E-state index contributed by atoms with van der Waals surface area (Å²) in [7, 11) is 1.49. The second-order valence-corrected chi connectivity index (χ2v) is 5.80. The molecule has 0 saturated carbocycles. The highest BCUT2D eigenvalue weighted by Gasteiger charge is 2.12. The molecule has 0 spiro atoms. The Bertz CT molecular complexity index is 814. The van der Waals surface area contributed by atoms with Crippen molar-refractivity contribution in [3.8, 4) is 11.1 Å². The van der Waals surface area contributed by atoms with Crippen LogP contribution in [-0.4, -0.2) is 19.2 Å². The molecule has 2 rings (SSSR count). The van der Waals surface area contributed by atoms with Gasteiger partial charge in [-0.2, -0.15) is 0 Å². The van der Waals surface area contributed by atoms with Gasteiger partial charge < -0.3 is 14.9 Å². The van der Waals surface area contributed by atoms with Gasteiger partial charge >= 0.3 is 0 Å². The molecule has 0 bridgehead atoms. The van der Waals surface area contributed by atoms with Crippen molar-refractivity contribution in [2.24, 2.45) is 5.16 Å². The molecular formula is C19H17BrN2O3. The molecule has 0 fully saturated rings. The zero-order valence-electron chi connectivity index (χ0n) is 13.7. The quantitative estimate of drug-likeness (QED) is 0.318. The van der Waals surface area contributed by atoms with Gasteiger partial charge in [-0.1, -0.05) is 54.2 Å². The molecule has 2 aromatic rings. The molecule has 0 saturated heterocycles. The summed E-state index contributed by atoms with van der Waals surface area (Å²) < 4.78 is 5.29. The molecule has 0 heterocycles. The van der Waals surface area contributed by atoms with E-state index in [-0.39, 0.29) is 10.4 Å². The largest absolute Gasteiger partial charge is 0.445 e. The summed E-state index contributed by atoms with van der Waals surface area (Å²) in [6.45, 7) is 7.10. The molecule has 0 aromatic heterocycles. The minimum absolute atomic E-state index is 0.0530. The molecule has 5 nitrogen and oxygen atoms in total. The number of nitrogens with one attached hydrogen (secondary N) is 1. The lowest BCUT2D eigenvalue weighted by Gasteiger charge is -2.12. The van der Waals surface area contributed by atoms with Crippen LogP contribution in [0.3, 0.4) is 0 Å². The van der Waals surface area contributed by atoms with Gasteiger partial charge in [0.25, 0.3) is 5.91 Å². The van der Waals surface area contributed by atoms with Crippen LogP contribution in [0.2, 0.25) is 0 Å². The van der Waals surface area contributed by atoms with Crippen molar-refractivity contribution >= 4 is 33.7 Å². The van der Waals surface area contributed by atoms with Crippen LogP contribution in [-0.2, 0) is 14.4 Å². The van der Waals surface area contributed by atoms with Gasteiger partial charge in [-0.15, -0.1) is 0 Å². The smallest absolute Gasteiger partial charge is 0.290 e. The fraction of sp³-hybridized carbons (Fsp3) is 0.0526. The number of hydrogen-bond acceptors (Lipinski definition) is 4. The molecule has 25 heavy (non-hydrogen) atoms. The third kappa shape index (κ3) is 5.32. The second kappa shape index (κ2) is 8.84. The second-order valence-electron chi connectivity index (χ2n) is 4.92. The Morgan fingerprint density at radius 3 is 2.48 bits per heavy atom. The first-order chi connectivity index (χ1) is 12.0. The van der Waals surface area contributed by atoms with E-state index < -0.39 is 5.91 Å². The lowest BCUT2D eigenvalue weighted by atomic mass is 10.0. The molecule has 0 atom stereocenters. The predicted molar refractivity (Wildman–Crippen MR) is 103 cm³/mol. The van der Waals surface area contributed by atoms with Gasteiger partial charge in [0.2, 0.25) is 0 Å². The van der Waals surface area contributed by atoms with E-state index in [0.29, 0.717) is 5.69 Å². The van der Waals surface area contributed by atoms with E-state index in [0.717, 1.165) is 16.7 Å². The molecule has 1 N–H and O–H groups in total. The van der Waals surface area contributed by atoms with E-state index in [1.54, 1.807) is 6.21 Å². The van der Waals surface area contributed by atoms with Gasteiger partial charge in [0.1, 0.15) is 7.11 Å². The molecule has 1 amide bonds. The maximum atomic E-state index is 12.2. The van der Waals surface area contributed by atoms with E-state index in [1.807, 2.05) is 48.5 Å². The highest BCUT2D eigenvalue weighted by Crippen LogP contribution is 2.28. The standard InChI is InChI=1S/C19H17BrN2O3/c1-13(25-14(2)20)19(23)22-18-7-5-4-6-17(18)16-10-8-15(9-11-16)12-21-24-3/h4-12H,1-2H2,3H3,(H,22,23)/b21-12+. The van der Waals surface area contributed by atoms with Gasteiger partial charge in [-0.05, 0) is 39.7 Å². The van der Waals surface area contributed by atoms with E-state index in [1.165, 1.54) is 7.11 Å². The highest BCUT2D eigenvalue weighted by molar-refractivity contribution is 9.11. The van der Waals surface area contributed by atoms with Gasteiger partial charge in [0.05, 0.1) is 6.21 Å². The zero-order chi connectivity index (χ0) is 18.2. The predicted octanol–water partition coefficient (Wildman–Crippen LogP) is 4.67. The zero-order valence-corrected chi connectivity index (χ0v) is 15.2. The van der Waals surface area contributed by atoms with Crippen LogP contribution in [0.4, 0.5) is 5.69 Å². The summed E-state index contributed by atoms with van der Waals surface area (Å²) in [5.74, 6) is -0.500. The first-order valence-corrected chi connectivity index (χ1v) is 8.09. The third-order valence-corrected chi connectivity index (χ3v) is 3.35. The monoisotopic (exact) mass is 400 g/mol. The molecule has 128 valence electrons. The van der Waals surface area contributed by atoms with Crippen LogP contribution >= 0.6 is 15.9 Å². The molecule has 2 aromatic carbocycles. The number of oxime groups is 1. The molecule has 0 aliphatic heterocycles. The van der Waals surface area contributed by atoms with Crippen LogP contribution < -0.4 is 5.32 Å². The Morgan fingerprint density at radius 2 is 1.84 bits per heavy atom. The van der Waals surface area contributed by atoms with Crippen molar-refractivity contribution in [2.45, 2.75) is 0 Å². The van der Waals surface area contributed by atoms with Crippen LogP contribution in [0.5, 0.6) is 0 Å². The van der Waals surface area contributed by atoms with Crippen molar-refractivity contribution < 1.29 is 14.4 Å². The Balaban J connectivity index is 2.23. The first kappa shape index (κ1) is 18.5. The lowest BCUT2D eigenvalue weighted by molar-refractivity contribution is -0.115. The topological polar surface area (TPSA) is 59.9 Å². The number of amides is 1. The normalized spacial score (nSPS) is 10.3. The third-order valence-electron chi connectivity index (χ3n) is 3.19. The average Bonchev–Trinajstić information content (AvgIpc) is 2.60. The Hall–Kier alpha value is -2.86. The fourth-order valence-corrected chi connectivity index (χ4v) is 2.27. The number of ether oxygens (including phenoxy) is 1. The first-order valence-electron chi connectivity index (χ1n) is 7.29. The number of carbonyl (C=O) groups is 1. The van der Waals surface area contributed by atoms with Gasteiger partial charge in [-0.3, -0.25) is 4.79 Å². The van der Waals surface area contributed by atoms with Crippen molar-refractivity contribution in [1.29, 1.82) is 0 Å². The number of halogens is 1. The van der Waals surface area contributed by atoms with E-state index in [9.17, 15) is 4.79 Å². The van der Waals surface area contributed by atoms with Crippen LogP contribution in [0.25, 0.3) is 11.1 Å². The fourth-order valence-electron chi connectivity index (χ4n) is 2.08. The molecule has 0 aliphatic rings. The lowest BCUT2D eigenvalue weighted by Crippen LogP contribution is -2.15. The summed E-state index contributed by atoms with van der Waals surface area (Å²) in [4.78, 5) is 16.8. The van der Waals surface area contributed by atoms with Gasteiger partial charge in [0, 0.05) is 11.3 Å². The molecule has 0 radical (unpaired) electrons. The molecule has 0 unspecified atom stereocenters. The SMILES string of the molecule is C=C(Br)OC(=C)C(=O)Nc1ccccc1-c1ccc(/C=N/OC)cc1. The van der Waals surface area contributed by atoms with Crippen molar-refractivity contribution in [1.82, 2.24) is 0 Å². The summed E-state index contributed by atoms with van der Waals surface area (Å²) in [5.41, 5.74) is 3.37. The number of para-hydroxylation sites is 1. The molecule has 0 aliphatic carbocycles. The molecule has 6 heteroatoms. The number of carbonyl (C=O) groups excluding carboxylic acids is 1. The number of hydrogen-bond donors (Lipinski definition) is 1. The van der Waals surface area contributed by atoms with Crippen molar-refractivity contribution in [3.63, 3.8) is 0 Å². The summed E-state index contributed by atoms with van der Waals surface area (Å²) in [6.07, 6.45) is 1.62. The van der Waals surface area contributed by atoms with Crippen LogP contribution in [0, 0.1) is 0 Å². The maximum Gasteiger partial charge on any atom is 0.290 e. The summed E-state index contributed by atoms with van der Waals surface area (Å²) >= 11 is 3.03. The van der Waals surface area contributed by atoms with E-state index in [2.05, 4.69) is 44.4 Å². The van der Waals surface area contributed by atoms with Crippen LogP contribution in [0.1, 0.15) is 5.56 Å². The summed E-state index contributed by atoms with van der Waals surface area (Å²) in [6, 6.07) is 15.2. The minimum Gasteiger partial charge on any atom is -0.445 e. The van der Waals surface area contributed by atoms with E-state index in [4.69, 9.17) is 4.74 Å². The van der Waals surface area contributed by atoms with Gasteiger partial charge in [0.15, 0.2) is 10.4 Å². The Kier molecular flexibility index (Phi) is 6.54. The number of benzene rings is 2. The number of nitrogens with zero attached hydrogens (tertiary/aromatic N) is 1. The average molecular weight is 401 g/mol. The van der Waals surface area contributed by atoms with Crippen molar-refractivity contribution in [2.75, 3.05) is 12.4 Å². The minimum atomic E-state index is -0.447.